The Labute approximate surface area is 214 Å². The lowest BCUT2D eigenvalue weighted by Crippen LogP contribution is -2.42. The highest BCUT2D eigenvalue weighted by Crippen LogP contribution is 2.33. The molecule has 10 nitrogen and oxygen atoms in total. The second-order valence-corrected chi connectivity index (χ2v) is 8.56. The molecule has 0 fully saturated rings. The van der Waals surface area contributed by atoms with Gasteiger partial charge in [-0.3, -0.25) is 9.69 Å². The van der Waals surface area contributed by atoms with E-state index in [1.54, 1.807) is 6.20 Å². The fraction of sp³-hybridized carbons (Fsp3) is 0.259. The van der Waals surface area contributed by atoms with Crippen molar-refractivity contribution < 1.29 is 19.1 Å². The Balaban J connectivity index is 1.52. The monoisotopic (exact) mass is 500 g/mol. The molecular weight excluding hydrogens is 472 g/mol. The second kappa shape index (κ2) is 11.3. The molecule has 0 spiro atoms. The van der Waals surface area contributed by atoms with E-state index in [0.717, 1.165) is 34.5 Å². The van der Waals surface area contributed by atoms with Crippen molar-refractivity contribution in [2.24, 2.45) is 0 Å². The van der Waals surface area contributed by atoms with Crippen LogP contribution in [0.15, 0.2) is 71.6 Å². The Morgan fingerprint density at radius 3 is 2.68 bits per heavy atom. The molecule has 1 aliphatic rings. The van der Waals surface area contributed by atoms with Crippen LogP contribution in [0.3, 0.4) is 0 Å². The molecule has 0 radical (unpaired) electrons. The van der Waals surface area contributed by atoms with Gasteiger partial charge in [0.05, 0.1) is 18.5 Å². The summed E-state index contributed by atoms with van der Waals surface area (Å²) in [7, 11) is 1.52. The van der Waals surface area contributed by atoms with Gasteiger partial charge >= 0.3 is 0 Å². The maximum Gasteiger partial charge on any atom is 0.229 e. The number of anilines is 4. The van der Waals surface area contributed by atoms with Gasteiger partial charge in [-0.2, -0.15) is 4.98 Å². The smallest absolute Gasteiger partial charge is 0.229 e. The van der Waals surface area contributed by atoms with E-state index in [1.807, 2.05) is 64.4 Å². The molecule has 37 heavy (non-hydrogen) atoms. The summed E-state index contributed by atoms with van der Waals surface area (Å²) >= 11 is 0. The highest BCUT2D eigenvalue weighted by atomic mass is 16.5. The first-order valence-corrected chi connectivity index (χ1v) is 12.0. The van der Waals surface area contributed by atoms with Crippen LogP contribution in [-0.2, 0) is 22.5 Å². The van der Waals surface area contributed by atoms with E-state index in [9.17, 15) is 9.90 Å². The molecule has 5 rings (SSSR count). The predicted molar refractivity (Wildman–Crippen MR) is 139 cm³/mol. The van der Waals surface area contributed by atoms with Crippen LogP contribution in [0.5, 0.6) is 0 Å². The van der Waals surface area contributed by atoms with Crippen molar-refractivity contribution in [1.82, 2.24) is 19.9 Å². The Hall–Kier alpha value is -4.12. The third kappa shape index (κ3) is 5.36. The van der Waals surface area contributed by atoms with Crippen LogP contribution < -0.4 is 10.2 Å². The van der Waals surface area contributed by atoms with Crippen molar-refractivity contribution in [3.05, 3.63) is 78.4 Å². The Bertz CT molecular complexity index is 1310. The van der Waals surface area contributed by atoms with Gasteiger partial charge in [0.15, 0.2) is 24.7 Å². The molecule has 4 aromatic rings. The highest BCUT2D eigenvalue weighted by molar-refractivity contribution is 5.68. The van der Waals surface area contributed by atoms with E-state index in [4.69, 9.17) is 19.1 Å². The van der Waals surface area contributed by atoms with Crippen LogP contribution in [-0.4, -0.2) is 64.3 Å². The summed E-state index contributed by atoms with van der Waals surface area (Å²) in [5.41, 5.74) is 4.42. The van der Waals surface area contributed by atoms with E-state index in [-0.39, 0.29) is 6.61 Å². The Morgan fingerprint density at radius 2 is 2.00 bits per heavy atom. The SMILES string of the molecule is COC(C=O)N1CCc2nc(Nc3ccc(-c4cnco4)cc3)nc(N(CCO)c3ccccc3)c2C1. The first kappa shape index (κ1) is 24.6. The summed E-state index contributed by atoms with van der Waals surface area (Å²) in [4.78, 5) is 29.2. The minimum Gasteiger partial charge on any atom is -0.444 e. The van der Waals surface area contributed by atoms with Crippen LogP contribution in [0.4, 0.5) is 23.1 Å². The summed E-state index contributed by atoms with van der Waals surface area (Å²) in [6.45, 7) is 1.36. The van der Waals surface area contributed by atoms with E-state index >= 15 is 0 Å². The van der Waals surface area contributed by atoms with Crippen LogP contribution in [0.1, 0.15) is 11.3 Å². The molecule has 2 aromatic heterocycles. The second-order valence-electron chi connectivity index (χ2n) is 8.56. The number of aldehydes is 1. The standard InChI is InChI=1S/C27H28N6O4/c1-36-25(17-35)32-12-11-23-22(16-32)26(33(13-14-34)21-5-3-2-4-6-21)31-27(30-23)29-20-9-7-19(8-10-20)24-15-28-18-37-24/h2-10,15,17-18,25,34H,11-14,16H2,1H3,(H,29,30,31). The number of benzene rings is 2. The molecule has 1 atom stereocenters. The maximum absolute atomic E-state index is 11.6. The third-order valence-corrected chi connectivity index (χ3v) is 6.29. The molecule has 1 unspecified atom stereocenters. The lowest BCUT2D eigenvalue weighted by atomic mass is 10.0. The lowest BCUT2D eigenvalue weighted by molar-refractivity contribution is -0.128. The summed E-state index contributed by atoms with van der Waals surface area (Å²) in [5, 5.41) is 13.2. The fourth-order valence-corrected chi connectivity index (χ4v) is 4.48. The van der Waals surface area contributed by atoms with E-state index in [0.29, 0.717) is 43.6 Å². The summed E-state index contributed by atoms with van der Waals surface area (Å²) in [5.74, 6) is 1.82. The van der Waals surface area contributed by atoms with Gasteiger partial charge in [-0.25, -0.2) is 9.97 Å². The molecule has 10 heteroatoms. The van der Waals surface area contributed by atoms with Gasteiger partial charge in [0, 0.05) is 55.7 Å². The van der Waals surface area contributed by atoms with E-state index in [2.05, 4.69) is 10.3 Å². The van der Waals surface area contributed by atoms with Gasteiger partial charge in [0.25, 0.3) is 0 Å². The molecule has 0 amide bonds. The number of hydrogen-bond acceptors (Lipinski definition) is 10. The molecule has 1 aliphatic heterocycles. The number of carbonyl (C=O) groups is 1. The van der Waals surface area contributed by atoms with Crippen LogP contribution >= 0.6 is 0 Å². The van der Waals surface area contributed by atoms with E-state index < -0.39 is 6.23 Å². The number of aliphatic hydroxyl groups excluding tert-OH is 1. The molecule has 190 valence electrons. The Morgan fingerprint density at radius 1 is 1.19 bits per heavy atom. The van der Waals surface area contributed by atoms with Gasteiger partial charge < -0.3 is 24.5 Å². The number of ether oxygens (including phenoxy) is 1. The average molecular weight is 501 g/mol. The van der Waals surface area contributed by atoms with Crippen LogP contribution in [0, 0.1) is 0 Å². The van der Waals surface area contributed by atoms with Crippen molar-refractivity contribution in [1.29, 1.82) is 0 Å². The van der Waals surface area contributed by atoms with Crippen LogP contribution in [0.2, 0.25) is 0 Å². The number of carbonyl (C=O) groups excluding carboxylic acids is 1. The number of nitrogens with one attached hydrogen (secondary N) is 1. The number of aromatic nitrogens is 3. The average Bonchev–Trinajstić information content (AvgIpc) is 3.48. The zero-order valence-corrected chi connectivity index (χ0v) is 20.4. The largest absolute Gasteiger partial charge is 0.444 e. The normalized spacial score (nSPS) is 14.1. The number of methoxy groups -OCH3 is 1. The third-order valence-electron chi connectivity index (χ3n) is 6.29. The van der Waals surface area contributed by atoms with Gasteiger partial charge in [0.1, 0.15) is 5.82 Å². The molecule has 2 aromatic carbocycles. The van der Waals surface area contributed by atoms with Crippen molar-refractivity contribution in [3.8, 4) is 11.3 Å². The maximum atomic E-state index is 11.6. The minimum atomic E-state index is -0.648. The van der Waals surface area contributed by atoms with E-state index in [1.165, 1.54) is 13.5 Å². The Kier molecular flexibility index (Phi) is 7.50. The number of para-hydroxylation sites is 1. The number of oxazole rings is 1. The van der Waals surface area contributed by atoms with Gasteiger partial charge in [-0.15, -0.1) is 0 Å². The van der Waals surface area contributed by atoms with Gasteiger partial charge in [-0.05, 0) is 36.4 Å². The van der Waals surface area contributed by atoms with Crippen molar-refractivity contribution in [2.45, 2.75) is 19.2 Å². The van der Waals surface area contributed by atoms with Crippen molar-refractivity contribution in [3.63, 3.8) is 0 Å². The highest BCUT2D eigenvalue weighted by Gasteiger charge is 2.29. The zero-order valence-electron chi connectivity index (χ0n) is 20.4. The van der Waals surface area contributed by atoms with Crippen molar-refractivity contribution >= 4 is 29.4 Å². The molecular formula is C27H28N6O4. The molecule has 0 saturated carbocycles. The molecule has 0 bridgehead atoms. The first-order chi connectivity index (χ1) is 18.2. The first-order valence-electron chi connectivity index (χ1n) is 12.0. The topological polar surface area (TPSA) is 117 Å². The number of nitrogens with zero attached hydrogens (tertiary/aromatic N) is 5. The number of hydrogen-bond donors (Lipinski definition) is 2. The number of aliphatic hydroxyl groups is 1. The molecule has 0 saturated heterocycles. The lowest BCUT2D eigenvalue weighted by Gasteiger charge is -2.34. The quantitative estimate of drug-likeness (QED) is 0.313. The summed E-state index contributed by atoms with van der Waals surface area (Å²) < 4.78 is 10.7. The molecule has 2 N–H and O–H groups in total. The summed E-state index contributed by atoms with van der Waals surface area (Å²) in [6.07, 6.45) is 3.85. The van der Waals surface area contributed by atoms with Crippen LogP contribution in [0.25, 0.3) is 11.3 Å². The fourth-order valence-electron chi connectivity index (χ4n) is 4.48. The predicted octanol–water partition coefficient (Wildman–Crippen LogP) is 3.54. The minimum absolute atomic E-state index is 0.0573. The number of rotatable bonds is 10. The van der Waals surface area contributed by atoms with Crippen molar-refractivity contribution in [2.75, 3.05) is 37.0 Å². The zero-order chi connectivity index (χ0) is 25.6. The number of fused-ring (bicyclic) bond motifs is 1. The van der Waals surface area contributed by atoms with Gasteiger partial charge in [-0.1, -0.05) is 18.2 Å². The summed E-state index contributed by atoms with van der Waals surface area (Å²) in [6, 6.07) is 17.5. The molecule has 0 aliphatic carbocycles. The van der Waals surface area contributed by atoms with Gasteiger partial charge in [0.2, 0.25) is 5.95 Å². The molecule has 3 heterocycles.